The number of H-pyrrole nitrogens is 2. The molecule has 0 radical (unpaired) electrons. The summed E-state index contributed by atoms with van der Waals surface area (Å²) in [5.41, 5.74) is 8.76. The fraction of sp³-hybridized carbons (Fsp3) is 0.0667. The molecule has 0 saturated heterocycles. The molecule has 6 heterocycles. The minimum atomic E-state index is 0.636. The molecule has 7 rings (SSSR count). The third-order valence-electron chi connectivity index (χ3n) is 6.58. The molecule has 3 N–H and O–H groups in total. The molecule has 0 saturated carbocycles. The first-order chi connectivity index (χ1) is 19.3. The van der Waals surface area contributed by atoms with Crippen LogP contribution in [0.1, 0.15) is 11.1 Å². The van der Waals surface area contributed by atoms with Crippen LogP contribution in [0.25, 0.3) is 56.1 Å². The number of fused-ring (bicyclic) bond motifs is 2. The normalized spacial score (nSPS) is 11.4. The van der Waals surface area contributed by atoms with E-state index in [-0.39, 0.29) is 0 Å². The van der Waals surface area contributed by atoms with Crippen LogP contribution >= 0.6 is 0 Å². The van der Waals surface area contributed by atoms with Crippen LogP contribution in [0.4, 0.5) is 0 Å². The fourth-order valence-electron chi connectivity index (χ4n) is 4.67. The summed E-state index contributed by atoms with van der Waals surface area (Å²) in [6.07, 6.45) is 9.09. The molecule has 0 aliphatic carbocycles. The molecule has 188 valence electrons. The second kappa shape index (κ2) is 9.88. The van der Waals surface area contributed by atoms with Gasteiger partial charge in [-0.15, -0.1) is 0 Å². The largest absolute Gasteiger partial charge is 0.336 e. The van der Waals surface area contributed by atoms with E-state index in [1.807, 2.05) is 61.1 Å². The molecule has 0 fully saturated rings. The highest BCUT2D eigenvalue weighted by atomic mass is 15.2. The van der Waals surface area contributed by atoms with Crippen molar-refractivity contribution in [3.05, 3.63) is 109 Å². The quantitative estimate of drug-likeness (QED) is 0.266. The van der Waals surface area contributed by atoms with Gasteiger partial charge in [0.2, 0.25) is 0 Å². The average molecular weight is 510 g/mol. The summed E-state index contributed by atoms with van der Waals surface area (Å²) in [6.45, 7) is 1.51. The minimum absolute atomic E-state index is 0.636. The van der Waals surface area contributed by atoms with Crippen molar-refractivity contribution in [2.24, 2.45) is 0 Å². The Morgan fingerprint density at radius 2 is 1.59 bits per heavy atom. The average Bonchev–Trinajstić information content (AvgIpc) is 3.62. The second-order valence-electron chi connectivity index (χ2n) is 9.22. The van der Waals surface area contributed by atoms with Gasteiger partial charge < -0.3 is 10.3 Å². The fourth-order valence-corrected chi connectivity index (χ4v) is 4.67. The van der Waals surface area contributed by atoms with E-state index >= 15 is 0 Å². The molecule has 7 aromatic rings. The zero-order chi connectivity index (χ0) is 26.0. The lowest BCUT2D eigenvalue weighted by Crippen LogP contribution is -2.12. The lowest BCUT2D eigenvalue weighted by molar-refractivity contribution is 0.691. The molecule has 39 heavy (non-hydrogen) atoms. The monoisotopic (exact) mass is 509 g/mol. The Hall–Kier alpha value is -5.28. The summed E-state index contributed by atoms with van der Waals surface area (Å²) >= 11 is 0. The first kappa shape index (κ1) is 22.9. The van der Waals surface area contributed by atoms with Crippen molar-refractivity contribution < 1.29 is 0 Å². The number of rotatable bonds is 7. The van der Waals surface area contributed by atoms with Crippen LogP contribution in [-0.4, -0.2) is 40.1 Å². The summed E-state index contributed by atoms with van der Waals surface area (Å²) in [4.78, 5) is 26.4. The molecule has 6 aromatic heterocycles. The number of imidazole rings is 1. The van der Waals surface area contributed by atoms with Gasteiger partial charge >= 0.3 is 0 Å². The van der Waals surface area contributed by atoms with Gasteiger partial charge in [-0.25, -0.2) is 9.97 Å². The predicted octanol–water partition coefficient (Wildman–Crippen LogP) is 5.31. The molecule has 1 aromatic carbocycles. The molecule has 0 aliphatic heterocycles. The van der Waals surface area contributed by atoms with Crippen molar-refractivity contribution in [2.75, 3.05) is 0 Å². The van der Waals surface area contributed by atoms with Crippen molar-refractivity contribution in [3.63, 3.8) is 0 Å². The van der Waals surface area contributed by atoms with Gasteiger partial charge in [-0.05, 0) is 41.5 Å². The van der Waals surface area contributed by atoms with Crippen LogP contribution in [-0.2, 0) is 13.1 Å². The summed E-state index contributed by atoms with van der Waals surface area (Å²) in [5, 5.41) is 11.9. The molecular formula is C30H23N9. The Morgan fingerprint density at radius 3 is 2.49 bits per heavy atom. The zero-order valence-electron chi connectivity index (χ0n) is 20.8. The summed E-state index contributed by atoms with van der Waals surface area (Å²) in [6, 6.07) is 22.2. The first-order valence-corrected chi connectivity index (χ1v) is 12.6. The van der Waals surface area contributed by atoms with E-state index in [4.69, 9.17) is 4.98 Å². The van der Waals surface area contributed by atoms with Crippen LogP contribution < -0.4 is 5.32 Å². The Bertz CT molecular complexity index is 1890. The Kier molecular flexibility index (Phi) is 5.80. The first-order valence-electron chi connectivity index (χ1n) is 12.6. The minimum Gasteiger partial charge on any atom is -0.336 e. The second-order valence-corrected chi connectivity index (χ2v) is 9.22. The Morgan fingerprint density at radius 1 is 0.718 bits per heavy atom. The number of hydrogen-bond donors (Lipinski definition) is 3. The molecular weight excluding hydrogens is 486 g/mol. The van der Waals surface area contributed by atoms with E-state index in [1.54, 1.807) is 12.4 Å². The number of hydrogen-bond acceptors (Lipinski definition) is 7. The number of pyridine rings is 4. The third-order valence-corrected chi connectivity index (χ3v) is 6.58. The number of benzene rings is 1. The molecule has 9 nitrogen and oxygen atoms in total. The summed E-state index contributed by atoms with van der Waals surface area (Å²) in [7, 11) is 0. The van der Waals surface area contributed by atoms with E-state index < -0.39 is 0 Å². The van der Waals surface area contributed by atoms with E-state index in [2.05, 4.69) is 64.7 Å². The lowest BCUT2D eigenvalue weighted by Gasteiger charge is -2.07. The maximum absolute atomic E-state index is 4.87. The molecule has 9 heteroatoms. The molecule has 0 unspecified atom stereocenters. The zero-order valence-corrected chi connectivity index (χ0v) is 20.8. The van der Waals surface area contributed by atoms with E-state index in [1.165, 1.54) is 5.56 Å². The number of nitrogens with one attached hydrogen (secondary N) is 3. The van der Waals surface area contributed by atoms with Gasteiger partial charge in [0.05, 0.1) is 16.6 Å². The van der Waals surface area contributed by atoms with Crippen molar-refractivity contribution >= 4 is 22.1 Å². The smallest absolute Gasteiger partial charge is 0.159 e. The summed E-state index contributed by atoms with van der Waals surface area (Å²) in [5.74, 6) is 0.636. The third kappa shape index (κ3) is 4.51. The van der Waals surface area contributed by atoms with Crippen LogP contribution in [0, 0.1) is 0 Å². The maximum atomic E-state index is 4.87. The lowest BCUT2D eigenvalue weighted by atomic mass is 10.1. The predicted molar refractivity (Wildman–Crippen MR) is 150 cm³/mol. The van der Waals surface area contributed by atoms with Crippen LogP contribution in [0.3, 0.4) is 0 Å². The highest BCUT2D eigenvalue weighted by molar-refractivity contribution is 5.95. The SMILES string of the molecule is c1ccc(CNCc2cncc(-c3cnc4[nH]nc(-c5nc6c(-c7ccccn7)nccc6[nH]5)c4c3)c2)cc1. The Labute approximate surface area is 223 Å². The highest BCUT2D eigenvalue weighted by Gasteiger charge is 2.17. The maximum Gasteiger partial charge on any atom is 0.159 e. The highest BCUT2D eigenvalue weighted by Crippen LogP contribution is 2.31. The molecule has 0 aliphatic rings. The van der Waals surface area contributed by atoms with Gasteiger partial charge in [0, 0.05) is 55.2 Å². The van der Waals surface area contributed by atoms with Gasteiger partial charge in [0.25, 0.3) is 0 Å². The van der Waals surface area contributed by atoms with Crippen molar-refractivity contribution in [1.82, 2.24) is 45.4 Å². The van der Waals surface area contributed by atoms with Gasteiger partial charge in [-0.3, -0.25) is 20.1 Å². The molecule has 0 spiro atoms. The van der Waals surface area contributed by atoms with Crippen molar-refractivity contribution in [2.45, 2.75) is 13.1 Å². The van der Waals surface area contributed by atoms with Gasteiger partial charge in [0.1, 0.15) is 16.9 Å². The molecule has 0 amide bonds. The van der Waals surface area contributed by atoms with Gasteiger partial charge in [-0.2, -0.15) is 5.10 Å². The number of aromatic nitrogens is 8. The number of aromatic amines is 2. The van der Waals surface area contributed by atoms with E-state index in [9.17, 15) is 0 Å². The standard InChI is InChI=1S/C30H23N9/c1-2-6-19(7-3-1)14-31-15-20-12-21(17-32-16-20)22-13-23-26(38-39-29(23)35-18-22)30-36-25-9-11-34-27(28(25)37-30)24-8-4-5-10-33-24/h1-13,16-18,31H,14-15H2,(H,36,37)(H,35,38,39). The van der Waals surface area contributed by atoms with E-state index in [0.29, 0.717) is 23.7 Å². The van der Waals surface area contributed by atoms with Crippen molar-refractivity contribution in [1.29, 1.82) is 0 Å². The van der Waals surface area contributed by atoms with Crippen molar-refractivity contribution in [3.8, 4) is 34.0 Å². The number of nitrogens with zero attached hydrogens (tertiary/aromatic N) is 6. The van der Waals surface area contributed by atoms with Crippen LogP contribution in [0.5, 0.6) is 0 Å². The topological polar surface area (TPSA) is 121 Å². The Balaban J connectivity index is 1.20. The van der Waals surface area contributed by atoms with E-state index in [0.717, 1.165) is 51.0 Å². The van der Waals surface area contributed by atoms with Gasteiger partial charge in [-0.1, -0.05) is 36.4 Å². The molecule has 0 bridgehead atoms. The van der Waals surface area contributed by atoms with Crippen LogP contribution in [0.2, 0.25) is 0 Å². The summed E-state index contributed by atoms with van der Waals surface area (Å²) < 4.78 is 0. The van der Waals surface area contributed by atoms with Gasteiger partial charge in [0.15, 0.2) is 11.5 Å². The van der Waals surface area contributed by atoms with Crippen LogP contribution in [0.15, 0.2) is 97.7 Å². The molecule has 0 atom stereocenters.